The second-order valence-corrected chi connectivity index (χ2v) is 15.7. The van der Waals surface area contributed by atoms with E-state index in [0.717, 1.165) is 42.9 Å². The average Bonchev–Trinajstić information content (AvgIpc) is 3.00. The van der Waals surface area contributed by atoms with Crippen molar-refractivity contribution in [2.45, 2.75) is 121 Å². The molecule has 0 aromatic heterocycles. The average molecular weight is 671 g/mol. The van der Waals surface area contributed by atoms with Gasteiger partial charge < -0.3 is 15.3 Å². The lowest BCUT2D eigenvalue weighted by Crippen LogP contribution is -2.69. The molecule has 6 heteroatoms. The van der Waals surface area contributed by atoms with Crippen molar-refractivity contribution in [2.75, 3.05) is 0 Å². The number of phenols is 2. The van der Waals surface area contributed by atoms with Crippen LogP contribution in [0, 0.1) is 22.2 Å². The summed E-state index contributed by atoms with van der Waals surface area (Å²) in [6.45, 7) is 20.2. The molecule has 2 aliphatic rings. The highest BCUT2D eigenvalue weighted by Gasteiger charge is 2.73. The largest absolute Gasteiger partial charge is 0.506 e. The van der Waals surface area contributed by atoms with Crippen molar-refractivity contribution < 1.29 is 29.7 Å². The lowest BCUT2D eigenvalue weighted by molar-refractivity contribution is -0.176. The van der Waals surface area contributed by atoms with Crippen LogP contribution >= 0.6 is 0 Å². The molecule has 6 nitrogen and oxygen atoms in total. The summed E-state index contributed by atoms with van der Waals surface area (Å²) in [5.41, 5.74) is 1.27. The van der Waals surface area contributed by atoms with Crippen LogP contribution in [-0.2, 0) is 14.4 Å². The first-order valence-corrected chi connectivity index (χ1v) is 17.6. The van der Waals surface area contributed by atoms with Gasteiger partial charge in [0.2, 0.25) is 0 Å². The fraction of sp³-hybridized carbons (Fsp3) is 0.512. The number of rotatable bonds is 13. The Morgan fingerprint density at radius 3 is 1.82 bits per heavy atom. The number of aromatic hydroxyl groups is 2. The third-order valence-corrected chi connectivity index (χ3v) is 10.8. The van der Waals surface area contributed by atoms with Gasteiger partial charge in [0.25, 0.3) is 0 Å². The number of hydrogen-bond acceptors (Lipinski definition) is 6. The zero-order chi connectivity index (χ0) is 36.9. The van der Waals surface area contributed by atoms with E-state index in [-0.39, 0.29) is 36.5 Å². The first kappa shape index (κ1) is 39.5. The topological polar surface area (TPSA) is 112 Å². The number of carbonyl (C=O) groups is 3. The molecule has 2 aliphatic carbocycles. The van der Waals surface area contributed by atoms with Crippen molar-refractivity contribution in [2.24, 2.45) is 22.2 Å². The quantitative estimate of drug-likeness (QED) is 0.0481. The normalized spacial score (nSPS) is 24.8. The fourth-order valence-electron chi connectivity index (χ4n) is 7.52. The highest BCUT2D eigenvalue weighted by molar-refractivity contribution is 6.41. The molecule has 49 heavy (non-hydrogen) atoms. The van der Waals surface area contributed by atoms with E-state index < -0.39 is 50.6 Å². The van der Waals surface area contributed by atoms with Crippen molar-refractivity contribution in [1.29, 1.82) is 0 Å². The van der Waals surface area contributed by atoms with Gasteiger partial charge in [0, 0.05) is 5.56 Å². The summed E-state index contributed by atoms with van der Waals surface area (Å²) in [6, 6.07) is 3.68. The molecular weight excluding hydrogens is 612 g/mol. The van der Waals surface area contributed by atoms with Crippen LogP contribution in [0.5, 0.6) is 11.5 Å². The minimum Gasteiger partial charge on any atom is -0.506 e. The van der Waals surface area contributed by atoms with E-state index in [1.165, 1.54) is 28.9 Å². The lowest BCUT2D eigenvalue weighted by Gasteiger charge is -2.60. The first-order chi connectivity index (χ1) is 22.8. The molecule has 2 fully saturated rings. The Morgan fingerprint density at radius 1 is 0.735 bits per heavy atom. The van der Waals surface area contributed by atoms with Gasteiger partial charge in [-0.1, -0.05) is 72.1 Å². The van der Waals surface area contributed by atoms with Crippen LogP contribution in [0.2, 0.25) is 0 Å². The lowest BCUT2D eigenvalue weighted by atomic mass is 9.38. The van der Waals surface area contributed by atoms with Crippen LogP contribution in [0.4, 0.5) is 0 Å². The van der Waals surface area contributed by atoms with Gasteiger partial charge in [0.05, 0.1) is 5.41 Å². The second-order valence-electron chi connectivity index (χ2n) is 15.7. The molecule has 0 heterocycles. The SMILES string of the molecule is CC(C)=CCC/C(C)=C/C[C@@H]1C[C@]2(C/C=C(\C)CCC=C(C)C)C(=O)C(=C(O)c3ccc(O)c(O)c3)C(=O)[C@@](CC=C(C)C)(C2=O)C1(C)C. The Morgan fingerprint density at radius 2 is 1.29 bits per heavy atom. The summed E-state index contributed by atoms with van der Waals surface area (Å²) < 4.78 is 0. The molecule has 266 valence electrons. The first-order valence-electron chi connectivity index (χ1n) is 17.6. The van der Waals surface area contributed by atoms with Crippen LogP contribution in [0.1, 0.15) is 126 Å². The van der Waals surface area contributed by atoms with E-state index >= 15 is 9.59 Å². The number of allylic oxidation sites excluding steroid dienone is 11. The maximum Gasteiger partial charge on any atom is 0.184 e. The van der Waals surface area contributed by atoms with Gasteiger partial charge in [-0.15, -0.1) is 0 Å². The van der Waals surface area contributed by atoms with Crippen LogP contribution in [-0.4, -0.2) is 32.7 Å². The number of Topliss-reactive ketones (excluding diaryl/α,β-unsaturated/α-hetero) is 3. The van der Waals surface area contributed by atoms with E-state index in [1.54, 1.807) is 0 Å². The molecular formula is C43H58O6. The molecule has 0 amide bonds. The molecule has 3 N–H and O–H groups in total. The van der Waals surface area contributed by atoms with Crippen molar-refractivity contribution in [3.05, 3.63) is 87.6 Å². The Bertz CT molecular complexity index is 1650. The van der Waals surface area contributed by atoms with Crippen LogP contribution in [0.25, 0.3) is 5.76 Å². The van der Waals surface area contributed by atoms with Gasteiger partial charge in [0.1, 0.15) is 16.7 Å². The van der Waals surface area contributed by atoms with Crippen LogP contribution < -0.4 is 0 Å². The van der Waals surface area contributed by atoms with Crippen molar-refractivity contribution in [1.82, 2.24) is 0 Å². The number of hydrogen-bond donors (Lipinski definition) is 3. The third-order valence-electron chi connectivity index (χ3n) is 10.8. The van der Waals surface area contributed by atoms with Crippen LogP contribution in [0.3, 0.4) is 0 Å². The third kappa shape index (κ3) is 8.11. The van der Waals surface area contributed by atoms with Gasteiger partial charge in [0.15, 0.2) is 28.8 Å². The molecule has 0 saturated heterocycles. The molecule has 3 atom stereocenters. The maximum atomic E-state index is 15.2. The van der Waals surface area contributed by atoms with E-state index in [9.17, 15) is 20.1 Å². The van der Waals surface area contributed by atoms with Gasteiger partial charge in [-0.05, 0) is 136 Å². The second kappa shape index (κ2) is 15.7. The molecule has 0 unspecified atom stereocenters. The van der Waals surface area contributed by atoms with Crippen molar-refractivity contribution in [3.8, 4) is 11.5 Å². The summed E-state index contributed by atoms with van der Waals surface area (Å²) in [7, 11) is 0. The van der Waals surface area contributed by atoms with Gasteiger partial charge >= 0.3 is 0 Å². The zero-order valence-electron chi connectivity index (χ0n) is 31.4. The Hall–Kier alpha value is -3.93. The number of aliphatic hydroxyl groups is 1. The molecule has 3 rings (SSSR count). The van der Waals surface area contributed by atoms with Crippen LogP contribution in [0.15, 0.2) is 82.0 Å². The van der Waals surface area contributed by atoms with E-state index in [1.807, 2.05) is 46.8 Å². The fourth-order valence-corrected chi connectivity index (χ4v) is 7.52. The summed E-state index contributed by atoms with van der Waals surface area (Å²) in [4.78, 5) is 45.1. The molecule has 2 saturated carbocycles. The number of phenolic OH excluding ortho intramolecular Hbond substituents is 2. The van der Waals surface area contributed by atoms with Gasteiger partial charge in [-0.3, -0.25) is 14.4 Å². The molecule has 1 aromatic carbocycles. The van der Waals surface area contributed by atoms with Gasteiger partial charge in [-0.25, -0.2) is 0 Å². The highest BCUT2D eigenvalue weighted by Crippen LogP contribution is 2.65. The number of benzene rings is 1. The number of carbonyl (C=O) groups excluding carboxylic acids is 3. The summed E-state index contributed by atoms with van der Waals surface area (Å²) >= 11 is 0. The van der Waals surface area contributed by atoms with Crippen molar-refractivity contribution >= 4 is 23.1 Å². The Kier molecular flexibility index (Phi) is 12.7. The van der Waals surface area contributed by atoms with E-state index in [4.69, 9.17) is 0 Å². The predicted molar refractivity (Wildman–Crippen MR) is 199 cm³/mol. The smallest absolute Gasteiger partial charge is 0.184 e. The molecule has 0 spiro atoms. The number of ketones is 3. The Labute approximate surface area is 294 Å². The molecule has 1 aromatic rings. The maximum absolute atomic E-state index is 15.2. The summed E-state index contributed by atoms with van der Waals surface area (Å²) in [5, 5.41) is 31.9. The monoisotopic (exact) mass is 670 g/mol. The molecule has 0 radical (unpaired) electrons. The molecule has 0 aliphatic heterocycles. The minimum absolute atomic E-state index is 0.0182. The summed E-state index contributed by atoms with van der Waals surface area (Å²) in [5.74, 6) is -3.36. The number of aliphatic hydroxyl groups excluding tert-OH is 1. The van der Waals surface area contributed by atoms with E-state index in [0.29, 0.717) is 6.42 Å². The minimum atomic E-state index is -1.61. The van der Waals surface area contributed by atoms with Crippen molar-refractivity contribution in [3.63, 3.8) is 0 Å². The molecule has 2 bridgehead atoms. The number of fused-ring (bicyclic) bond motifs is 2. The highest BCUT2D eigenvalue weighted by atomic mass is 16.3. The standard InChI is InChI=1S/C43H58O6/c1-27(2)13-11-15-30(7)17-19-33-26-42(23-22-31(8)16-12-14-28(3)4)38(47)36(37(46)32-18-20-34(44)35(45)25-32)39(48)43(40(42)49,41(33,9)10)24-21-29(5)6/h13-14,17-18,20-22,25,33,44-46H,11-12,15-16,19,23-24,26H2,1-10H3/b30-17+,31-22+,37-36?/t33-,42-,43+/m1/s1. The summed E-state index contributed by atoms with van der Waals surface area (Å²) in [6.07, 6.45) is 15.0. The predicted octanol–water partition coefficient (Wildman–Crippen LogP) is 10.6. The van der Waals surface area contributed by atoms with E-state index in [2.05, 4.69) is 52.8 Å². The zero-order valence-corrected chi connectivity index (χ0v) is 31.4. The van der Waals surface area contributed by atoms with Gasteiger partial charge in [-0.2, -0.15) is 0 Å². The Balaban J connectivity index is 2.32.